The molecular weight excluding hydrogens is 348 g/mol. The summed E-state index contributed by atoms with van der Waals surface area (Å²) in [4.78, 5) is 4.38. The monoisotopic (exact) mass is 377 g/mol. The normalized spacial score (nSPS) is 11.0. The quantitative estimate of drug-likeness (QED) is 0.357. The molecule has 0 amide bonds. The first-order valence-corrected chi connectivity index (χ1v) is 9.83. The number of unbranched alkanes of at least 4 members (excludes halogenated alkanes) is 7. The number of ether oxygens (including phenoxy) is 2. The zero-order valence-electron chi connectivity index (χ0n) is 16.0. The van der Waals surface area contributed by atoms with Crippen molar-refractivity contribution in [2.75, 3.05) is 6.61 Å². The number of nitrogens with zero attached hydrogens (tertiary/aromatic N) is 1. The standard InChI is InChI=1S/C22H29F2NO2/c1-2-3-4-5-6-7-8-9-16-26-20-14-15-21(25-17-20)18-10-12-19(13-11-18)27-22(23)24/h10-15,17,22H,2-9,16H2,1H3. The van der Waals surface area contributed by atoms with E-state index in [0.717, 1.165) is 23.4 Å². The first-order chi connectivity index (χ1) is 13.2. The molecule has 5 heteroatoms. The van der Waals surface area contributed by atoms with Gasteiger partial charge in [0.05, 0.1) is 18.5 Å². The lowest BCUT2D eigenvalue weighted by Crippen LogP contribution is -2.01. The topological polar surface area (TPSA) is 31.4 Å². The minimum absolute atomic E-state index is 0.138. The molecule has 1 heterocycles. The van der Waals surface area contributed by atoms with Gasteiger partial charge in [-0.1, -0.05) is 51.9 Å². The van der Waals surface area contributed by atoms with Crippen LogP contribution in [0.5, 0.6) is 11.5 Å². The van der Waals surface area contributed by atoms with Crippen molar-refractivity contribution in [2.45, 2.75) is 64.9 Å². The highest BCUT2D eigenvalue weighted by atomic mass is 19.3. The van der Waals surface area contributed by atoms with E-state index in [0.29, 0.717) is 6.61 Å². The maximum absolute atomic E-state index is 12.2. The average Bonchev–Trinajstić information content (AvgIpc) is 2.67. The van der Waals surface area contributed by atoms with Gasteiger partial charge in [0.25, 0.3) is 0 Å². The van der Waals surface area contributed by atoms with E-state index in [1.165, 1.54) is 57.1 Å². The maximum Gasteiger partial charge on any atom is 0.387 e. The number of rotatable bonds is 13. The summed E-state index contributed by atoms with van der Waals surface area (Å²) in [5.41, 5.74) is 1.60. The smallest absolute Gasteiger partial charge is 0.387 e. The van der Waals surface area contributed by atoms with Crippen molar-refractivity contribution in [3.63, 3.8) is 0 Å². The van der Waals surface area contributed by atoms with Crippen molar-refractivity contribution in [1.82, 2.24) is 4.98 Å². The van der Waals surface area contributed by atoms with Crippen molar-refractivity contribution in [3.05, 3.63) is 42.6 Å². The molecule has 1 aromatic carbocycles. The second kappa shape index (κ2) is 12.3. The molecule has 0 aliphatic heterocycles. The molecule has 0 aliphatic rings. The third-order valence-corrected chi connectivity index (χ3v) is 4.38. The molecule has 0 spiro atoms. The average molecular weight is 377 g/mol. The molecule has 2 rings (SSSR count). The molecule has 1 aromatic heterocycles. The second-order valence-corrected chi connectivity index (χ2v) is 6.61. The molecule has 0 saturated carbocycles. The first-order valence-electron chi connectivity index (χ1n) is 9.83. The molecule has 0 N–H and O–H groups in total. The van der Waals surface area contributed by atoms with E-state index in [1.54, 1.807) is 18.3 Å². The van der Waals surface area contributed by atoms with E-state index < -0.39 is 6.61 Å². The molecule has 0 unspecified atom stereocenters. The Kier molecular flexibility index (Phi) is 9.60. The summed E-state index contributed by atoms with van der Waals surface area (Å²) < 4.78 is 34.4. The molecule has 3 nitrogen and oxygen atoms in total. The van der Waals surface area contributed by atoms with Crippen molar-refractivity contribution < 1.29 is 18.3 Å². The van der Waals surface area contributed by atoms with Crippen LogP contribution in [0, 0.1) is 0 Å². The Morgan fingerprint density at radius 2 is 1.44 bits per heavy atom. The lowest BCUT2D eigenvalue weighted by molar-refractivity contribution is -0.0498. The maximum atomic E-state index is 12.2. The minimum Gasteiger partial charge on any atom is -0.492 e. The van der Waals surface area contributed by atoms with Crippen LogP contribution in [0.2, 0.25) is 0 Å². The van der Waals surface area contributed by atoms with Crippen LogP contribution in [0.25, 0.3) is 11.3 Å². The fourth-order valence-electron chi connectivity index (χ4n) is 2.87. The first kappa shape index (κ1) is 21.1. The van der Waals surface area contributed by atoms with Gasteiger partial charge in [-0.05, 0) is 42.8 Å². The van der Waals surface area contributed by atoms with Crippen LogP contribution in [-0.4, -0.2) is 18.2 Å². The van der Waals surface area contributed by atoms with Gasteiger partial charge in [0.1, 0.15) is 11.5 Å². The number of halogens is 2. The lowest BCUT2D eigenvalue weighted by Gasteiger charge is -2.08. The van der Waals surface area contributed by atoms with Gasteiger partial charge in [0, 0.05) is 5.56 Å². The van der Waals surface area contributed by atoms with E-state index in [-0.39, 0.29) is 5.75 Å². The summed E-state index contributed by atoms with van der Waals surface area (Å²) in [6.07, 6.45) is 11.9. The Labute approximate surface area is 160 Å². The Balaban J connectivity index is 1.67. The van der Waals surface area contributed by atoms with Crippen LogP contribution in [0.15, 0.2) is 42.6 Å². The van der Waals surface area contributed by atoms with Gasteiger partial charge < -0.3 is 9.47 Å². The zero-order valence-corrected chi connectivity index (χ0v) is 16.0. The van der Waals surface area contributed by atoms with Gasteiger partial charge >= 0.3 is 6.61 Å². The van der Waals surface area contributed by atoms with E-state index in [4.69, 9.17) is 4.74 Å². The van der Waals surface area contributed by atoms with E-state index in [9.17, 15) is 8.78 Å². The molecular formula is C22H29F2NO2. The van der Waals surface area contributed by atoms with Gasteiger partial charge in [0.2, 0.25) is 0 Å². The lowest BCUT2D eigenvalue weighted by atomic mass is 10.1. The molecule has 27 heavy (non-hydrogen) atoms. The Morgan fingerprint density at radius 3 is 2.04 bits per heavy atom. The van der Waals surface area contributed by atoms with Crippen molar-refractivity contribution in [3.8, 4) is 22.8 Å². The molecule has 2 aromatic rings. The number of benzene rings is 1. The van der Waals surface area contributed by atoms with Crippen LogP contribution in [-0.2, 0) is 0 Å². The van der Waals surface area contributed by atoms with E-state index in [2.05, 4.69) is 16.6 Å². The van der Waals surface area contributed by atoms with Gasteiger partial charge in [-0.25, -0.2) is 0 Å². The van der Waals surface area contributed by atoms with Crippen LogP contribution >= 0.6 is 0 Å². The molecule has 0 saturated heterocycles. The molecule has 0 aliphatic carbocycles. The molecule has 148 valence electrons. The summed E-state index contributed by atoms with van der Waals surface area (Å²) in [7, 11) is 0. The molecule has 0 radical (unpaired) electrons. The Morgan fingerprint density at radius 1 is 0.815 bits per heavy atom. The number of aromatic nitrogens is 1. The van der Waals surface area contributed by atoms with Crippen LogP contribution in [0.3, 0.4) is 0 Å². The summed E-state index contributed by atoms with van der Waals surface area (Å²) in [6.45, 7) is 0.127. The van der Waals surface area contributed by atoms with E-state index >= 15 is 0 Å². The fourth-order valence-corrected chi connectivity index (χ4v) is 2.87. The highest BCUT2D eigenvalue weighted by Crippen LogP contribution is 2.23. The Hall–Kier alpha value is -2.17. The number of pyridine rings is 1. The highest BCUT2D eigenvalue weighted by molar-refractivity contribution is 5.60. The predicted molar refractivity (Wildman–Crippen MR) is 104 cm³/mol. The van der Waals surface area contributed by atoms with Crippen molar-refractivity contribution in [2.24, 2.45) is 0 Å². The third kappa shape index (κ3) is 8.37. The van der Waals surface area contributed by atoms with Crippen molar-refractivity contribution >= 4 is 0 Å². The second-order valence-electron chi connectivity index (χ2n) is 6.61. The van der Waals surface area contributed by atoms with Gasteiger partial charge in [-0.3, -0.25) is 4.98 Å². The summed E-state index contributed by atoms with van der Waals surface area (Å²) in [5.74, 6) is 0.887. The fraction of sp³-hybridized carbons (Fsp3) is 0.500. The zero-order chi connectivity index (χ0) is 19.3. The van der Waals surface area contributed by atoms with Crippen molar-refractivity contribution in [1.29, 1.82) is 0 Å². The van der Waals surface area contributed by atoms with Crippen LogP contribution < -0.4 is 9.47 Å². The third-order valence-electron chi connectivity index (χ3n) is 4.38. The largest absolute Gasteiger partial charge is 0.492 e. The number of hydrogen-bond donors (Lipinski definition) is 0. The van der Waals surface area contributed by atoms with Gasteiger partial charge in [-0.2, -0.15) is 8.78 Å². The van der Waals surface area contributed by atoms with Gasteiger partial charge in [-0.15, -0.1) is 0 Å². The van der Waals surface area contributed by atoms with E-state index in [1.807, 2.05) is 12.1 Å². The number of alkyl halides is 2. The molecule has 0 bridgehead atoms. The summed E-state index contributed by atoms with van der Waals surface area (Å²) >= 11 is 0. The molecule has 0 atom stereocenters. The Bertz CT molecular complexity index is 630. The number of hydrogen-bond acceptors (Lipinski definition) is 3. The summed E-state index contributed by atoms with van der Waals surface area (Å²) in [6, 6.07) is 10.2. The van der Waals surface area contributed by atoms with Crippen LogP contribution in [0.4, 0.5) is 8.78 Å². The SMILES string of the molecule is CCCCCCCCCCOc1ccc(-c2ccc(OC(F)F)cc2)nc1. The predicted octanol–water partition coefficient (Wildman–Crippen LogP) is 6.87. The highest BCUT2D eigenvalue weighted by Gasteiger charge is 2.05. The summed E-state index contributed by atoms with van der Waals surface area (Å²) in [5, 5.41) is 0. The minimum atomic E-state index is -2.81. The molecule has 0 fully saturated rings. The van der Waals surface area contributed by atoms with Crippen LogP contribution in [0.1, 0.15) is 58.3 Å². The van der Waals surface area contributed by atoms with Gasteiger partial charge in [0.15, 0.2) is 0 Å².